The molecule has 370 valence electrons. The van der Waals surface area contributed by atoms with Gasteiger partial charge >= 0.3 is 35.8 Å². The third-order valence-electron chi connectivity index (χ3n) is 11.5. The van der Waals surface area contributed by atoms with Gasteiger partial charge in [-0.15, -0.1) is 10.1 Å². The summed E-state index contributed by atoms with van der Waals surface area (Å²) < 4.78 is 0. The highest BCUT2D eigenvalue weighted by molar-refractivity contribution is 5.87. The van der Waals surface area contributed by atoms with E-state index in [-0.39, 0.29) is 89.9 Å². The van der Waals surface area contributed by atoms with Crippen LogP contribution in [0.4, 0.5) is 0 Å². The lowest BCUT2D eigenvalue weighted by Crippen LogP contribution is -2.48. The molecule has 0 bridgehead atoms. The highest BCUT2D eigenvalue weighted by atomic mass is 16.7. The van der Waals surface area contributed by atoms with Crippen molar-refractivity contribution in [3.05, 3.63) is 94.6 Å². The maximum absolute atomic E-state index is 13.1. The van der Waals surface area contributed by atoms with E-state index in [1.165, 1.54) is 10.1 Å². The van der Waals surface area contributed by atoms with Crippen LogP contribution >= 0.6 is 0 Å². The molecule has 22 heteroatoms. The molecule has 2 fully saturated rings. The van der Waals surface area contributed by atoms with Crippen LogP contribution in [0.5, 0.6) is 0 Å². The monoisotopic (exact) mass is 948 g/mol. The van der Waals surface area contributed by atoms with Crippen molar-refractivity contribution in [2.75, 3.05) is 131 Å². The topological polar surface area (TPSA) is 253 Å². The molecule has 4 N–H and O–H groups in total. The van der Waals surface area contributed by atoms with Crippen molar-refractivity contribution in [2.45, 2.75) is 26.9 Å². The molecule has 0 radical (unpaired) electrons. The minimum absolute atomic E-state index is 0.121. The van der Waals surface area contributed by atoms with Gasteiger partial charge in [-0.3, -0.25) is 48.6 Å². The largest absolute Gasteiger partial charge is 0.480 e. The number of aromatic nitrogens is 2. The number of benzene rings is 1. The summed E-state index contributed by atoms with van der Waals surface area (Å²) in [5.41, 5.74) is 3.46. The zero-order valence-electron chi connectivity index (χ0n) is 38.9. The SMILES string of the molecule is Cc1cccc(C(=O)ON2CCN(CC(=O)O)CCN(Cc3cccc(CN4CCN(CC(=O)O)CCN(OC(=O)c5cccc(C)n5)CCN(CC(=O)O)CC4)c3)CCN(CC(=O)O)CC2)n1. The first-order chi connectivity index (χ1) is 32.6. The van der Waals surface area contributed by atoms with Crippen LogP contribution in [0.3, 0.4) is 0 Å². The molecular formula is C46H64N10O12. The van der Waals surface area contributed by atoms with Gasteiger partial charge in [0.25, 0.3) is 0 Å². The fourth-order valence-corrected chi connectivity index (χ4v) is 7.92. The molecule has 4 heterocycles. The zero-order valence-corrected chi connectivity index (χ0v) is 38.9. The van der Waals surface area contributed by atoms with Crippen LogP contribution in [0.1, 0.15) is 43.5 Å². The van der Waals surface area contributed by atoms with E-state index in [4.69, 9.17) is 9.68 Å². The van der Waals surface area contributed by atoms with E-state index in [0.717, 1.165) is 11.1 Å². The van der Waals surface area contributed by atoms with Gasteiger partial charge in [0.05, 0.1) is 26.2 Å². The summed E-state index contributed by atoms with van der Waals surface area (Å²) in [6.07, 6.45) is 0. The molecule has 68 heavy (non-hydrogen) atoms. The number of carbonyl (C=O) groups excluding carboxylic acids is 2. The molecule has 5 rings (SSSR count). The summed E-state index contributed by atoms with van der Waals surface area (Å²) >= 11 is 0. The molecule has 22 nitrogen and oxygen atoms in total. The predicted octanol–water partition coefficient (Wildman–Crippen LogP) is 0.419. The van der Waals surface area contributed by atoms with Gasteiger partial charge in [0.2, 0.25) is 0 Å². The van der Waals surface area contributed by atoms with E-state index in [0.29, 0.717) is 76.8 Å². The quantitative estimate of drug-likeness (QED) is 0.152. The van der Waals surface area contributed by atoms with Crippen LogP contribution in [0.15, 0.2) is 60.7 Å². The Bertz CT molecular complexity index is 1960. The average molecular weight is 949 g/mol. The van der Waals surface area contributed by atoms with Crippen molar-refractivity contribution < 1.29 is 58.9 Å². The summed E-state index contributed by atoms with van der Waals surface area (Å²) in [5, 5.41) is 42.1. The molecule has 0 unspecified atom stereocenters. The molecule has 2 aliphatic heterocycles. The summed E-state index contributed by atoms with van der Waals surface area (Å²) in [5.74, 6) is -5.36. The van der Waals surface area contributed by atoms with Crippen LogP contribution in [-0.4, -0.2) is 237 Å². The van der Waals surface area contributed by atoms with Crippen molar-refractivity contribution in [3.63, 3.8) is 0 Å². The first-order valence-electron chi connectivity index (χ1n) is 22.7. The van der Waals surface area contributed by atoms with Crippen LogP contribution in [-0.2, 0) is 41.9 Å². The second kappa shape index (κ2) is 27.1. The van der Waals surface area contributed by atoms with Gasteiger partial charge in [-0.25, -0.2) is 19.6 Å². The van der Waals surface area contributed by atoms with E-state index in [1.807, 2.05) is 18.2 Å². The first kappa shape index (κ1) is 53.0. The van der Waals surface area contributed by atoms with Gasteiger partial charge in [0, 0.05) is 129 Å². The second-order valence-electron chi connectivity index (χ2n) is 17.0. The lowest BCUT2D eigenvalue weighted by molar-refractivity contribution is -0.142. The minimum atomic E-state index is -1.01. The van der Waals surface area contributed by atoms with E-state index in [9.17, 15) is 49.2 Å². The first-order valence-corrected chi connectivity index (χ1v) is 22.7. The number of carboxylic acids is 4. The summed E-state index contributed by atoms with van der Waals surface area (Å²) in [6, 6.07) is 18.0. The smallest absolute Gasteiger partial charge is 0.375 e. The van der Waals surface area contributed by atoms with Crippen LogP contribution in [0, 0.1) is 13.8 Å². The molecule has 0 aliphatic carbocycles. The second-order valence-corrected chi connectivity index (χ2v) is 17.0. The van der Waals surface area contributed by atoms with Crippen molar-refractivity contribution in [1.82, 2.24) is 49.5 Å². The number of aryl methyl sites for hydroxylation is 2. The highest BCUT2D eigenvalue weighted by Gasteiger charge is 2.25. The van der Waals surface area contributed by atoms with Crippen molar-refractivity contribution >= 4 is 35.8 Å². The molecule has 1 aromatic carbocycles. The Balaban J connectivity index is 1.28. The third-order valence-corrected chi connectivity index (χ3v) is 11.5. The van der Waals surface area contributed by atoms with Crippen molar-refractivity contribution in [3.8, 4) is 0 Å². The van der Waals surface area contributed by atoms with Crippen LogP contribution in [0.2, 0.25) is 0 Å². The molecule has 0 atom stereocenters. The summed E-state index contributed by atoms with van der Waals surface area (Å²) in [6.45, 7) is 8.49. The summed E-state index contributed by atoms with van der Waals surface area (Å²) in [4.78, 5) is 105. The molecule has 3 aromatic rings. The number of carboxylic acid groups (broad SMARTS) is 4. The maximum atomic E-state index is 13.1. The maximum Gasteiger partial charge on any atom is 0.375 e. The Morgan fingerprint density at radius 3 is 1.00 bits per heavy atom. The zero-order chi connectivity index (χ0) is 49.0. The molecule has 2 aliphatic rings. The number of pyridine rings is 2. The normalized spacial score (nSPS) is 18.3. The molecule has 0 saturated carbocycles. The highest BCUT2D eigenvalue weighted by Crippen LogP contribution is 2.14. The van der Waals surface area contributed by atoms with Crippen molar-refractivity contribution in [1.29, 1.82) is 0 Å². The standard InChI is InChI=1S/C46H64N10O12/c1-35-6-3-10-39(47-35)45(65)67-55-24-20-51(31-41(57)58)16-12-49(13-17-52(21-25-55)32-42(59)60)29-37-8-5-9-38(28-37)30-50-14-18-53(33-43(61)62)22-26-56(27-23-54(19-15-50)34-44(63)64)68-46(66)40-11-4-7-36(2)48-40/h3-11,28H,12-27,29-34H2,1-2H3,(H,57,58)(H,59,60)(H,61,62)(H,63,64). The van der Waals surface area contributed by atoms with E-state index >= 15 is 0 Å². The Morgan fingerprint density at radius 2 is 0.706 bits per heavy atom. The Hall–Kier alpha value is -5.98. The van der Waals surface area contributed by atoms with Gasteiger partial charge in [0.1, 0.15) is 11.4 Å². The van der Waals surface area contributed by atoms with Gasteiger partial charge in [-0.2, -0.15) is 0 Å². The number of hydrogen-bond donors (Lipinski definition) is 4. The van der Waals surface area contributed by atoms with Crippen LogP contribution < -0.4 is 0 Å². The Morgan fingerprint density at radius 1 is 0.426 bits per heavy atom. The molecular weight excluding hydrogens is 885 g/mol. The lowest BCUT2D eigenvalue weighted by atomic mass is 10.1. The number of hydroxylamine groups is 4. The van der Waals surface area contributed by atoms with Crippen molar-refractivity contribution in [2.24, 2.45) is 0 Å². The van der Waals surface area contributed by atoms with E-state index in [2.05, 4.69) is 25.8 Å². The lowest BCUT2D eigenvalue weighted by Gasteiger charge is -2.33. The number of carbonyl (C=O) groups is 6. The van der Waals surface area contributed by atoms with Crippen LogP contribution in [0.25, 0.3) is 0 Å². The van der Waals surface area contributed by atoms with Gasteiger partial charge in [0.15, 0.2) is 0 Å². The molecule has 0 spiro atoms. The fraction of sp³-hybridized carbons (Fsp3) is 0.522. The Labute approximate surface area is 395 Å². The van der Waals surface area contributed by atoms with Gasteiger partial charge in [-0.1, -0.05) is 36.4 Å². The molecule has 2 aromatic heterocycles. The van der Waals surface area contributed by atoms with Gasteiger partial charge in [-0.05, 0) is 49.2 Å². The number of aliphatic carboxylic acids is 4. The molecule has 0 amide bonds. The summed E-state index contributed by atoms with van der Waals surface area (Å²) in [7, 11) is 0. The van der Waals surface area contributed by atoms with E-state index < -0.39 is 35.8 Å². The molecule has 2 saturated heterocycles. The third kappa shape index (κ3) is 19.3. The average Bonchev–Trinajstić information content (AvgIpc) is 3.27. The van der Waals surface area contributed by atoms with E-state index in [1.54, 1.807) is 69.8 Å². The number of nitrogens with zero attached hydrogens (tertiary/aromatic N) is 10. The predicted molar refractivity (Wildman–Crippen MR) is 245 cm³/mol. The fourth-order valence-electron chi connectivity index (χ4n) is 7.92. The number of hydrogen-bond acceptors (Lipinski definition) is 18. The number of rotatable bonds is 16. The van der Waals surface area contributed by atoms with Gasteiger partial charge < -0.3 is 30.1 Å². The minimum Gasteiger partial charge on any atom is -0.480 e. The Kier molecular flexibility index (Phi) is 21.1.